The minimum Gasteiger partial charge on any atom is -0.507 e. The van der Waals surface area contributed by atoms with E-state index in [0.29, 0.717) is 33.9 Å². The number of carbonyl (C=O) groups is 2. The molecular weight excluding hydrogens is 591 g/mol. The number of amides is 1. The number of methoxy groups -OCH3 is 3. The molecule has 0 radical (unpaired) electrons. The van der Waals surface area contributed by atoms with Crippen molar-refractivity contribution in [3.05, 3.63) is 95.6 Å². The Kier molecular flexibility index (Phi) is 10.0. The van der Waals surface area contributed by atoms with E-state index in [2.05, 4.69) is 5.32 Å². The zero-order chi connectivity index (χ0) is 32.9. The van der Waals surface area contributed by atoms with Crippen molar-refractivity contribution in [3.63, 3.8) is 0 Å². The summed E-state index contributed by atoms with van der Waals surface area (Å²) in [4.78, 5) is 26.2. The maximum absolute atomic E-state index is 13.3. The number of aliphatic hydroxyl groups excluding tert-OH is 1. The molecule has 3 N–H and O–H groups in total. The normalized spacial score (nSPS) is 12.6. The Hall–Kier alpha value is -5.03. The van der Waals surface area contributed by atoms with E-state index < -0.39 is 35.6 Å². The average molecular weight is 624 g/mol. The lowest BCUT2D eigenvalue weighted by Gasteiger charge is -2.20. The average Bonchev–Trinajstić information content (AvgIpc) is 3.03. The second kappa shape index (κ2) is 13.7. The van der Waals surface area contributed by atoms with Gasteiger partial charge in [0.25, 0.3) is 5.91 Å². The second-order valence-electron chi connectivity index (χ2n) is 10.2. The van der Waals surface area contributed by atoms with Gasteiger partial charge in [-0.1, -0.05) is 42.5 Å². The molecule has 0 spiro atoms. The number of halogens is 3. The van der Waals surface area contributed by atoms with E-state index in [-0.39, 0.29) is 17.7 Å². The smallest absolute Gasteiger partial charge is 0.416 e. The van der Waals surface area contributed by atoms with Crippen LogP contribution in [0, 0.1) is 0 Å². The Balaban J connectivity index is 1.57. The molecular formula is C34H32F3NO7. The van der Waals surface area contributed by atoms with Gasteiger partial charge >= 0.3 is 6.18 Å². The van der Waals surface area contributed by atoms with Crippen LogP contribution in [0.25, 0.3) is 22.3 Å². The summed E-state index contributed by atoms with van der Waals surface area (Å²) in [6.07, 6.45) is -5.85. The fourth-order valence-electron chi connectivity index (χ4n) is 4.82. The lowest BCUT2D eigenvalue weighted by Crippen LogP contribution is -2.46. The molecule has 1 unspecified atom stereocenters. The number of nitrogens with one attached hydrogen (secondary N) is 1. The van der Waals surface area contributed by atoms with Crippen LogP contribution < -0.4 is 19.5 Å². The predicted molar refractivity (Wildman–Crippen MR) is 162 cm³/mol. The van der Waals surface area contributed by atoms with Crippen LogP contribution in [0.15, 0.2) is 78.9 Å². The van der Waals surface area contributed by atoms with Gasteiger partial charge in [0, 0.05) is 0 Å². The van der Waals surface area contributed by atoms with Crippen molar-refractivity contribution >= 4 is 11.7 Å². The highest BCUT2D eigenvalue weighted by Crippen LogP contribution is 2.41. The third kappa shape index (κ3) is 7.55. The molecule has 0 bridgehead atoms. The van der Waals surface area contributed by atoms with Crippen molar-refractivity contribution in [2.45, 2.75) is 31.7 Å². The van der Waals surface area contributed by atoms with Gasteiger partial charge in [0.1, 0.15) is 11.9 Å². The number of hydrogen-bond acceptors (Lipinski definition) is 7. The summed E-state index contributed by atoms with van der Waals surface area (Å²) in [5, 5.41) is 23.1. The second-order valence-corrected chi connectivity index (χ2v) is 10.2. The fourth-order valence-corrected chi connectivity index (χ4v) is 4.82. The van der Waals surface area contributed by atoms with Gasteiger partial charge in [-0.2, -0.15) is 13.2 Å². The van der Waals surface area contributed by atoms with Gasteiger partial charge in [-0.3, -0.25) is 9.59 Å². The number of aromatic hydroxyl groups is 1. The van der Waals surface area contributed by atoms with Crippen molar-refractivity contribution in [1.82, 2.24) is 5.32 Å². The first-order chi connectivity index (χ1) is 21.4. The minimum atomic E-state index is -4.50. The third-order valence-electron chi connectivity index (χ3n) is 7.24. The number of carbonyl (C=O) groups excluding carboxylic acids is 2. The van der Waals surface area contributed by atoms with Gasteiger partial charge in [0.05, 0.1) is 38.5 Å². The molecule has 4 aromatic carbocycles. The molecule has 1 amide bonds. The molecule has 8 nitrogen and oxygen atoms in total. The first-order valence-electron chi connectivity index (χ1n) is 13.8. The van der Waals surface area contributed by atoms with Crippen LogP contribution in [0.4, 0.5) is 13.2 Å². The van der Waals surface area contributed by atoms with Crippen LogP contribution >= 0.6 is 0 Å². The molecule has 0 saturated carbocycles. The van der Waals surface area contributed by atoms with E-state index in [4.69, 9.17) is 14.2 Å². The van der Waals surface area contributed by atoms with Crippen molar-refractivity contribution in [3.8, 4) is 45.3 Å². The molecule has 0 aliphatic carbocycles. The first kappa shape index (κ1) is 32.9. The molecule has 0 aromatic heterocycles. The minimum absolute atomic E-state index is 0.0321. The number of rotatable bonds is 11. The summed E-state index contributed by atoms with van der Waals surface area (Å²) >= 11 is 0. The molecule has 45 heavy (non-hydrogen) atoms. The molecule has 0 fully saturated rings. The molecule has 0 aliphatic heterocycles. The summed E-state index contributed by atoms with van der Waals surface area (Å²) in [6.45, 7) is 1.29. The van der Waals surface area contributed by atoms with Gasteiger partial charge < -0.3 is 29.7 Å². The number of phenolic OH excluding ortho intramolecular Hbond substituents is 1. The highest BCUT2D eigenvalue weighted by molar-refractivity contribution is 6.01. The Morgan fingerprint density at radius 3 is 1.82 bits per heavy atom. The number of benzene rings is 4. The fraction of sp³-hybridized carbons (Fsp3) is 0.235. The van der Waals surface area contributed by atoms with Crippen LogP contribution in [-0.2, 0) is 17.4 Å². The third-order valence-corrected chi connectivity index (χ3v) is 7.24. The van der Waals surface area contributed by atoms with Gasteiger partial charge in [0.2, 0.25) is 5.75 Å². The monoisotopic (exact) mass is 623 g/mol. The predicted octanol–water partition coefficient (Wildman–Crippen LogP) is 6.06. The van der Waals surface area contributed by atoms with Crippen LogP contribution in [0.1, 0.15) is 28.4 Å². The van der Waals surface area contributed by atoms with Gasteiger partial charge in [-0.15, -0.1) is 0 Å². The molecule has 0 heterocycles. The number of ketones is 1. The molecule has 4 aromatic rings. The summed E-state index contributed by atoms with van der Waals surface area (Å²) in [7, 11) is 4.54. The SMILES string of the molecule is COc1cc(-c2ccc(C[C@H](NC(=O)c3cc(-c4ccc(C(F)(F)F)cc4)ccc3O)C(=O)C(C)O)cc2)cc(OC)c1OC. The van der Waals surface area contributed by atoms with E-state index in [1.807, 2.05) is 12.1 Å². The lowest BCUT2D eigenvalue weighted by atomic mass is 9.96. The van der Waals surface area contributed by atoms with Crippen molar-refractivity contribution < 1.29 is 47.2 Å². The molecule has 236 valence electrons. The summed E-state index contributed by atoms with van der Waals surface area (Å²) in [5.41, 5.74) is 2.03. The highest BCUT2D eigenvalue weighted by atomic mass is 19.4. The number of aliphatic hydroxyl groups is 1. The van der Waals surface area contributed by atoms with Crippen molar-refractivity contribution in [2.24, 2.45) is 0 Å². The van der Waals surface area contributed by atoms with E-state index in [0.717, 1.165) is 23.3 Å². The van der Waals surface area contributed by atoms with E-state index in [1.165, 1.54) is 58.6 Å². The van der Waals surface area contributed by atoms with Gasteiger partial charge in [0.15, 0.2) is 17.3 Å². The summed E-state index contributed by atoms with van der Waals surface area (Å²) < 4.78 is 55.2. The van der Waals surface area contributed by atoms with E-state index in [1.54, 1.807) is 24.3 Å². The van der Waals surface area contributed by atoms with Crippen LogP contribution in [0.5, 0.6) is 23.0 Å². The number of alkyl halides is 3. The van der Waals surface area contributed by atoms with E-state index >= 15 is 0 Å². The Labute approximate surface area is 258 Å². The number of ether oxygens (including phenoxy) is 3. The molecule has 0 saturated heterocycles. The summed E-state index contributed by atoms with van der Waals surface area (Å²) in [6, 6.07) is 18.0. The number of hydrogen-bond donors (Lipinski definition) is 3. The highest BCUT2D eigenvalue weighted by Gasteiger charge is 2.30. The van der Waals surface area contributed by atoms with Crippen molar-refractivity contribution in [2.75, 3.05) is 21.3 Å². The molecule has 2 atom stereocenters. The lowest BCUT2D eigenvalue weighted by molar-refractivity contribution is -0.137. The summed E-state index contributed by atoms with van der Waals surface area (Å²) in [5.74, 6) is -0.420. The first-order valence-corrected chi connectivity index (χ1v) is 13.8. The quantitative estimate of drug-likeness (QED) is 0.186. The molecule has 11 heteroatoms. The maximum Gasteiger partial charge on any atom is 0.416 e. The Morgan fingerprint density at radius 2 is 1.31 bits per heavy atom. The maximum atomic E-state index is 13.3. The number of Topliss-reactive ketones (excluding diaryl/α,β-unsaturated/α-hetero) is 1. The van der Waals surface area contributed by atoms with E-state index in [9.17, 15) is 33.0 Å². The number of phenols is 1. The Bertz CT molecular complexity index is 1640. The van der Waals surface area contributed by atoms with Crippen LogP contribution in [0.2, 0.25) is 0 Å². The largest absolute Gasteiger partial charge is 0.507 e. The van der Waals surface area contributed by atoms with Gasteiger partial charge in [-0.25, -0.2) is 0 Å². The van der Waals surface area contributed by atoms with Crippen LogP contribution in [0.3, 0.4) is 0 Å². The van der Waals surface area contributed by atoms with Gasteiger partial charge in [-0.05, 0) is 77.6 Å². The zero-order valence-electron chi connectivity index (χ0n) is 24.9. The van der Waals surface area contributed by atoms with Crippen LogP contribution in [-0.4, -0.2) is 55.4 Å². The molecule has 0 aliphatic rings. The molecule has 4 rings (SSSR count). The van der Waals surface area contributed by atoms with Crippen molar-refractivity contribution in [1.29, 1.82) is 0 Å². The zero-order valence-corrected chi connectivity index (χ0v) is 24.9. The Morgan fingerprint density at radius 1 is 0.778 bits per heavy atom. The topological polar surface area (TPSA) is 114 Å². The standard InChI is InChI=1S/C34H32F3NO7/c1-19(39)31(41)27(15-20-5-7-22(8-6-20)24-17-29(43-2)32(45-4)30(18-24)44-3)38-33(42)26-16-23(11-14-28(26)40)21-9-12-25(13-10-21)34(35,36)37/h5-14,16-19,27,39-40H,15H2,1-4H3,(H,38,42)/t19?,27-/m0/s1.